The van der Waals surface area contributed by atoms with Crippen LogP contribution in [-0.2, 0) is 11.2 Å². The Kier molecular flexibility index (Phi) is 6.98. The number of aromatic nitrogens is 1. The van der Waals surface area contributed by atoms with Gasteiger partial charge in [-0.1, -0.05) is 13.8 Å². The van der Waals surface area contributed by atoms with E-state index in [2.05, 4.69) is 29.0 Å². The van der Waals surface area contributed by atoms with Gasteiger partial charge in [0.2, 0.25) is 0 Å². The number of nitrogens with one attached hydrogen (secondary N) is 2. The molecular formula is C26H33FN4O2. The van der Waals surface area contributed by atoms with Crippen LogP contribution < -0.4 is 5.32 Å². The van der Waals surface area contributed by atoms with Gasteiger partial charge in [0.1, 0.15) is 5.82 Å². The largest absolute Gasteiger partial charge is 0.358 e. The first-order valence-corrected chi connectivity index (χ1v) is 12.0. The maximum atomic E-state index is 13.8. The Bertz CT molecular complexity index is 1080. The molecule has 2 aliphatic heterocycles. The molecule has 0 aliphatic carbocycles. The van der Waals surface area contributed by atoms with Crippen molar-refractivity contribution in [2.24, 2.45) is 0 Å². The highest BCUT2D eigenvalue weighted by Gasteiger charge is 2.29. The maximum absolute atomic E-state index is 13.8. The first kappa shape index (κ1) is 23.2. The van der Waals surface area contributed by atoms with Gasteiger partial charge < -0.3 is 20.1 Å². The molecule has 1 aromatic heterocycles. The minimum atomic E-state index is -0.388. The summed E-state index contributed by atoms with van der Waals surface area (Å²) in [5, 5.41) is 2.78. The Hall–Kier alpha value is -2.93. The Morgan fingerprint density at radius 2 is 1.91 bits per heavy atom. The van der Waals surface area contributed by atoms with Crippen LogP contribution in [0, 0.1) is 12.7 Å². The molecule has 2 aromatic rings. The zero-order chi connectivity index (χ0) is 23.5. The van der Waals surface area contributed by atoms with Gasteiger partial charge in [-0.15, -0.1) is 0 Å². The molecule has 2 N–H and O–H groups in total. The molecule has 6 nitrogen and oxygen atoms in total. The summed E-state index contributed by atoms with van der Waals surface area (Å²) in [5.74, 6) is -0.600. The second-order valence-corrected chi connectivity index (χ2v) is 8.96. The van der Waals surface area contributed by atoms with Crippen LogP contribution in [0.4, 0.5) is 10.1 Å². The minimum absolute atomic E-state index is 0.0520. The third kappa shape index (κ3) is 4.74. The van der Waals surface area contributed by atoms with Crippen LogP contribution in [0.3, 0.4) is 0 Å². The van der Waals surface area contributed by atoms with Crippen molar-refractivity contribution in [2.75, 3.05) is 38.0 Å². The van der Waals surface area contributed by atoms with Gasteiger partial charge >= 0.3 is 0 Å². The summed E-state index contributed by atoms with van der Waals surface area (Å²) in [6.07, 6.45) is 5.63. The number of H-pyrrole nitrogens is 1. The van der Waals surface area contributed by atoms with E-state index in [1.165, 1.54) is 12.1 Å². The molecule has 0 atom stereocenters. The van der Waals surface area contributed by atoms with E-state index in [1.54, 1.807) is 12.1 Å². The molecule has 0 bridgehead atoms. The number of benzene rings is 1. The molecule has 0 radical (unpaired) electrons. The lowest BCUT2D eigenvalue weighted by Gasteiger charge is -2.26. The van der Waals surface area contributed by atoms with Crippen molar-refractivity contribution in [3.8, 4) is 0 Å². The summed E-state index contributed by atoms with van der Waals surface area (Å²) in [4.78, 5) is 33.8. The standard InChI is InChI=1S/C26H33FN4O2/c1-4-10-30(11-5-2)13-14-31-12-6-7-22-24(26(31)33)17(3)23(28-22)16-20-19-15-18(27)8-9-21(19)29-25(20)32/h8-9,15-16,28H,4-7,10-14H2,1-3H3,(H,29,32)/b20-16-. The highest BCUT2D eigenvalue weighted by atomic mass is 19.1. The number of aryl methyl sites for hydroxylation is 1. The molecule has 2 amide bonds. The van der Waals surface area contributed by atoms with Gasteiger partial charge in [0.05, 0.1) is 11.1 Å². The molecule has 1 aromatic carbocycles. The van der Waals surface area contributed by atoms with E-state index >= 15 is 0 Å². The first-order chi connectivity index (χ1) is 15.9. The molecule has 176 valence electrons. The van der Waals surface area contributed by atoms with Gasteiger partial charge in [0.25, 0.3) is 11.8 Å². The number of amides is 2. The van der Waals surface area contributed by atoms with E-state index in [1.807, 2.05) is 11.8 Å². The smallest absolute Gasteiger partial charge is 0.256 e. The Balaban J connectivity index is 1.60. The van der Waals surface area contributed by atoms with Gasteiger partial charge in [-0.3, -0.25) is 9.59 Å². The van der Waals surface area contributed by atoms with Crippen LogP contribution in [0.25, 0.3) is 11.6 Å². The average Bonchev–Trinajstić information content (AvgIpc) is 3.20. The lowest BCUT2D eigenvalue weighted by molar-refractivity contribution is -0.110. The van der Waals surface area contributed by atoms with Crippen LogP contribution in [0.1, 0.15) is 66.0 Å². The monoisotopic (exact) mass is 452 g/mol. The number of rotatable bonds is 8. The number of fused-ring (bicyclic) bond motifs is 2. The highest BCUT2D eigenvalue weighted by molar-refractivity contribution is 6.34. The molecule has 3 heterocycles. The molecule has 0 saturated heterocycles. The number of anilines is 1. The van der Waals surface area contributed by atoms with Crippen LogP contribution in [-0.4, -0.2) is 59.3 Å². The number of hydrogen-bond donors (Lipinski definition) is 2. The zero-order valence-electron chi connectivity index (χ0n) is 19.8. The number of carbonyl (C=O) groups excluding carboxylic acids is 2. The van der Waals surface area contributed by atoms with Crippen molar-refractivity contribution >= 4 is 29.2 Å². The fourth-order valence-corrected chi connectivity index (χ4v) is 4.90. The van der Waals surface area contributed by atoms with Crippen molar-refractivity contribution in [3.63, 3.8) is 0 Å². The second kappa shape index (κ2) is 9.91. The molecule has 33 heavy (non-hydrogen) atoms. The number of halogens is 1. The first-order valence-electron chi connectivity index (χ1n) is 12.0. The fourth-order valence-electron chi connectivity index (χ4n) is 4.90. The predicted molar refractivity (Wildman–Crippen MR) is 130 cm³/mol. The minimum Gasteiger partial charge on any atom is -0.358 e. The lowest BCUT2D eigenvalue weighted by atomic mass is 10.0. The van der Waals surface area contributed by atoms with Crippen molar-refractivity contribution in [3.05, 3.63) is 52.1 Å². The van der Waals surface area contributed by atoms with E-state index in [0.29, 0.717) is 23.4 Å². The van der Waals surface area contributed by atoms with Gasteiger partial charge in [-0.25, -0.2) is 4.39 Å². The number of aromatic amines is 1. The van der Waals surface area contributed by atoms with Gasteiger partial charge in [0.15, 0.2) is 0 Å². The summed E-state index contributed by atoms with van der Waals surface area (Å²) in [5.41, 5.74) is 4.76. The third-order valence-electron chi connectivity index (χ3n) is 6.54. The third-order valence-corrected chi connectivity index (χ3v) is 6.54. The summed E-state index contributed by atoms with van der Waals surface area (Å²) in [7, 11) is 0. The van der Waals surface area contributed by atoms with Crippen molar-refractivity contribution in [1.82, 2.24) is 14.8 Å². The van der Waals surface area contributed by atoms with Gasteiger partial charge in [-0.05, 0) is 75.5 Å². The second-order valence-electron chi connectivity index (χ2n) is 8.96. The SMILES string of the molecule is CCCN(CCC)CCN1CCCc2[nH]c(/C=C3\C(=O)Nc4ccc(F)cc43)c(C)c2C1=O. The van der Waals surface area contributed by atoms with Crippen LogP contribution >= 0.6 is 0 Å². The number of hydrogen-bond acceptors (Lipinski definition) is 3. The van der Waals surface area contributed by atoms with Crippen molar-refractivity contribution in [2.45, 2.75) is 46.5 Å². The van der Waals surface area contributed by atoms with Crippen LogP contribution in [0.15, 0.2) is 18.2 Å². The summed E-state index contributed by atoms with van der Waals surface area (Å²) in [6, 6.07) is 4.27. The van der Waals surface area contributed by atoms with E-state index in [-0.39, 0.29) is 17.6 Å². The lowest BCUT2D eigenvalue weighted by Crippen LogP contribution is -2.39. The Morgan fingerprint density at radius 1 is 1.15 bits per heavy atom. The highest BCUT2D eigenvalue weighted by Crippen LogP contribution is 2.35. The summed E-state index contributed by atoms with van der Waals surface area (Å²) in [6.45, 7) is 10.7. The molecule has 0 spiro atoms. The van der Waals surface area contributed by atoms with E-state index in [4.69, 9.17) is 0 Å². The molecule has 0 fully saturated rings. The average molecular weight is 453 g/mol. The quantitative estimate of drug-likeness (QED) is 0.581. The van der Waals surface area contributed by atoms with Crippen LogP contribution in [0.5, 0.6) is 0 Å². The van der Waals surface area contributed by atoms with E-state index in [9.17, 15) is 14.0 Å². The predicted octanol–water partition coefficient (Wildman–Crippen LogP) is 4.47. The van der Waals surface area contributed by atoms with E-state index in [0.717, 1.165) is 74.4 Å². The van der Waals surface area contributed by atoms with E-state index < -0.39 is 0 Å². The molecule has 2 aliphatic rings. The van der Waals surface area contributed by atoms with Crippen molar-refractivity contribution < 1.29 is 14.0 Å². The molecule has 4 rings (SSSR count). The number of carbonyl (C=O) groups is 2. The maximum Gasteiger partial charge on any atom is 0.256 e. The fraction of sp³-hybridized carbons (Fsp3) is 0.462. The topological polar surface area (TPSA) is 68.4 Å². The number of nitrogens with zero attached hydrogens (tertiary/aromatic N) is 2. The van der Waals surface area contributed by atoms with Gasteiger partial charge in [0, 0.05) is 42.3 Å². The zero-order valence-corrected chi connectivity index (χ0v) is 19.8. The molecular weight excluding hydrogens is 419 g/mol. The van der Waals surface area contributed by atoms with Crippen LogP contribution in [0.2, 0.25) is 0 Å². The summed E-state index contributed by atoms with van der Waals surface area (Å²) < 4.78 is 13.8. The van der Waals surface area contributed by atoms with Crippen molar-refractivity contribution in [1.29, 1.82) is 0 Å². The summed E-state index contributed by atoms with van der Waals surface area (Å²) >= 11 is 0. The normalized spacial score (nSPS) is 16.9. The molecule has 7 heteroatoms. The molecule has 0 saturated carbocycles. The molecule has 0 unspecified atom stereocenters. The Labute approximate surface area is 194 Å². The van der Waals surface area contributed by atoms with Gasteiger partial charge in [-0.2, -0.15) is 0 Å². The Morgan fingerprint density at radius 3 is 2.64 bits per heavy atom.